The number of nitrogens with zero attached hydrogens (tertiary/aromatic N) is 1. The average Bonchev–Trinajstić information content (AvgIpc) is 3.63. The highest BCUT2D eigenvalue weighted by Crippen LogP contribution is 2.37. The number of carbonyl (C=O) groups excluding carboxylic acids is 2. The zero-order valence-electron chi connectivity index (χ0n) is 23.3. The summed E-state index contributed by atoms with van der Waals surface area (Å²) in [4.78, 5) is 29.4. The highest BCUT2D eigenvalue weighted by atomic mass is 35.5. The lowest BCUT2D eigenvalue weighted by atomic mass is 10.0. The smallest absolute Gasteiger partial charge is 0.343 e. The van der Waals surface area contributed by atoms with Crippen LogP contribution in [0.1, 0.15) is 38.9 Å². The van der Waals surface area contributed by atoms with Gasteiger partial charge >= 0.3 is 5.97 Å². The number of hydrazone groups is 1. The van der Waals surface area contributed by atoms with Crippen molar-refractivity contribution in [3.05, 3.63) is 106 Å². The van der Waals surface area contributed by atoms with Crippen LogP contribution < -0.4 is 24.4 Å². The molecule has 0 saturated carbocycles. The van der Waals surface area contributed by atoms with Gasteiger partial charge in [-0.15, -0.1) is 0 Å². The van der Waals surface area contributed by atoms with Crippen molar-refractivity contribution in [2.45, 2.75) is 13.8 Å². The standard InChI is InChI=1S/C33H26ClN3O6/c1-3-40-28-15-20(9-12-27(28)43-33(39)21-10-13-26-29(16-21)42-18-41-26)17-35-37-32(38)31-30(22-6-4-5-7-24(22)34)23-14-19(2)8-11-25(23)36-31/h4-17,36H,3,18H2,1-2H3,(H,37,38). The van der Waals surface area contributed by atoms with Gasteiger partial charge in [-0.1, -0.05) is 41.4 Å². The fourth-order valence-electron chi connectivity index (χ4n) is 4.78. The molecule has 1 amide bonds. The summed E-state index contributed by atoms with van der Waals surface area (Å²) >= 11 is 6.53. The SMILES string of the molecule is CCOc1cc(C=NNC(=O)c2[nH]c3ccc(C)cc3c2-c2ccccc2Cl)ccc1OC(=O)c1ccc2c(c1)OCO2. The van der Waals surface area contributed by atoms with Crippen molar-refractivity contribution >= 4 is 40.6 Å². The van der Waals surface area contributed by atoms with E-state index in [4.69, 9.17) is 30.5 Å². The quantitative estimate of drug-likeness (QED) is 0.0873. The number of aromatic nitrogens is 1. The Morgan fingerprint density at radius 3 is 2.67 bits per heavy atom. The normalized spacial score (nSPS) is 12.1. The molecule has 0 saturated heterocycles. The maximum Gasteiger partial charge on any atom is 0.343 e. The molecule has 43 heavy (non-hydrogen) atoms. The van der Waals surface area contributed by atoms with Gasteiger partial charge in [0.2, 0.25) is 6.79 Å². The van der Waals surface area contributed by atoms with Crippen molar-refractivity contribution in [3.8, 4) is 34.1 Å². The molecule has 1 aromatic heterocycles. The van der Waals surface area contributed by atoms with Crippen LogP contribution in [-0.4, -0.2) is 36.5 Å². The third kappa shape index (κ3) is 5.75. The molecule has 9 nitrogen and oxygen atoms in total. The Balaban J connectivity index is 1.21. The molecule has 4 aromatic carbocycles. The number of nitrogens with one attached hydrogen (secondary N) is 2. The van der Waals surface area contributed by atoms with Gasteiger partial charge in [-0.3, -0.25) is 4.79 Å². The summed E-state index contributed by atoms with van der Waals surface area (Å²) in [6.07, 6.45) is 1.48. The first kappa shape index (κ1) is 27.9. The predicted octanol–water partition coefficient (Wildman–Crippen LogP) is 6.91. The zero-order valence-corrected chi connectivity index (χ0v) is 24.0. The van der Waals surface area contributed by atoms with Crippen LogP contribution in [0.3, 0.4) is 0 Å². The predicted molar refractivity (Wildman–Crippen MR) is 164 cm³/mol. The Morgan fingerprint density at radius 2 is 1.84 bits per heavy atom. The fourth-order valence-corrected chi connectivity index (χ4v) is 5.01. The van der Waals surface area contributed by atoms with E-state index in [1.807, 2.05) is 50.2 Å². The largest absolute Gasteiger partial charge is 0.490 e. The van der Waals surface area contributed by atoms with E-state index in [-0.39, 0.29) is 12.5 Å². The molecule has 5 aromatic rings. The third-order valence-electron chi connectivity index (χ3n) is 6.78. The van der Waals surface area contributed by atoms with Gasteiger partial charge in [0.25, 0.3) is 5.91 Å². The number of amides is 1. The molecule has 2 heterocycles. The van der Waals surface area contributed by atoms with Crippen LogP contribution in [0.4, 0.5) is 0 Å². The van der Waals surface area contributed by atoms with Gasteiger partial charge < -0.3 is 23.9 Å². The van der Waals surface area contributed by atoms with Gasteiger partial charge in [-0.25, -0.2) is 10.2 Å². The fraction of sp³-hybridized carbons (Fsp3) is 0.121. The first-order valence-corrected chi connectivity index (χ1v) is 13.9. The lowest BCUT2D eigenvalue weighted by molar-refractivity contribution is 0.0727. The van der Waals surface area contributed by atoms with Gasteiger partial charge in [0.1, 0.15) is 5.69 Å². The van der Waals surface area contributed by atoms with E-state index in [9.17, 15) is 9.59 Å². The highest BCUT2D eigenvalue weighted by molar-refractivity contribution is 6.34. The Labute approximate surface area is 252 Å². The third-order valence-corrected chi connectivity index (χ3v) is 7.11. The molecule has 1 aliphatic rings. The van der Waals surface area contributed by atoms with Gasteiger partial charge in [0, 0.05) is 27.1 Å². The Bertz CT molecular complexity index is 1900. The number of rotatable bonds is 8. The van der Waals surface area contributed by atoms with Gasteiger partial charge in [0.05, 0.1) is 18.4 Å². The number of H-pyrrole nitrogens is 1. The van der Waals surface area contributed by atoms with E-state index < -0.39 is 11.9 Å². The molecule has 216 valence electrons. The Hall–Kier alpha value is -5.28. The van der Waals surface area contributed by atoms with Crippen LogP contribution in [0.15, 0.2) is 84.0 Å². The van der Waals surface area contributed by atoms with Gasteiger partial charge in [-0.05, 0) is 74.0 Å². The second-order valence-corrected chi connectivity index (χ2v) is 10.1. The molecular weight excluding hydrogens is 570 g/mol. The topological polar surface area (TPSA) is 111 Å². The van der Waals surface area contributed by atoms with E-state index in [2.05, 4.69) is 15.5 Å². The number of ether oxygens (including phenoxy) is 4. The van der Waals surface area contributed by atoms with Crippen LogP contribution in [0, 0.1) is 6.92 Å². The van der Waals surface area contributed by atoms with Crippen LogP contribution in [-0.2, 0) is 0 Å². The Kier molecular flexibility index (Phi) is 7.72. The van der Waals surface area contributed by atoms with Crippen molar-refractivity contribution in [2.24, 2.45) is 5.10 Å². The molecule has 0 bridgehead atoms. The second-order valence-electron chi connectivity index (χ2n) is 9.70. The number of halogens is 1. The van der Waals surface area contributed by atoms with Crippen molar-refractivity contribution in [1.29, 1.82) is 0 Å². The lowest BCUT2D eigenvalue weighted by Crippen LogP contribution is -2.19. The summed E-state index contributed by atoms with van der Waals surface area (Å²) in [7, 11) is 0. The summed E-state index contributed by atoms with van der Waals surface area (Å²) < 4.78 is 22.0. The number of hydrogen-bond donors (Lipinski definition) is 2. The van der Waals surface area contributed by atoms with Crippen molar-refractivity contribution in [3.63, 3.8) is 0 Å². The number of esters is 1. The molecule has 2 N–H and O–H groups in total. The van der Waals surface area contributed by atoms with E-state index >= 15 is 0 Å². The number of aromatic amines is 1. The van der Waals surface area contributed by atoms with Crippen LogP contribution in [0.5, 0.6) is 23.0 Å². The second kappa shape index (κ2) is 11.9. The molecule has 10 heteroatoms. The Morgan fingerprint density at radius 1 is 1.00 bits per heavy atom. The molecule has 1 aliphatic heterocycles. The summed E-state index contributed by atoms with van der Waals surface area (Å²) in [5.74, 6) is 0.633. The monoisotopic (exact) mass is 595 g/mol. The number of hydrogen-bond acceptors (Lipinski definition) is 7. The summed E-state index contributed by atoms with van der Waals surface area (Å²) in [5, 5.41) is 5.59. The van der Waals surface area contributed by atoms with Crippen molar-refractivity contribution in [2.75, 3.05) is 13.4 Å². The average molecular weight is 596 g/mol. The number of carbonyl (C=O) groups is 2. The van der Waals surface area contributed by atoms with E-state index in [0.29, 0.717) is 51.3 Å². The summed E-state index contributed by atoms with van der Waals surface area (Å²) in [6, 6.07) is 23.1. The lowest BCUT2D eigenvalue weighted by Gasteiger charge is -2.11. The molecule has 0 atom stereocenters. The maximum atomic E-state index is 13.3. The van der Waals surface area contributed by atoms with Gasteiger partial charge in [-0.2, -0.15) is 5.10 Å². The summed E-state index contributed by atoms with van der Waals surface area (Å²) in [6.45, 7) is 4.27. The minimum Gasteiger partial charge on any atom is -0.490 e. The van der Waals surface area contributed by atoms with Crippen LogP contribution >= 0.6 is 11.6 Å². The molecule has 0 aliphatic carbocycles. The minimum absolute atomic E-state index is 0.107. The number of fused-ring (bicyclic) bond motifs is 2. The van der Waals surface area contributed by atoms with Crippen LogP contribution in [0.2, 0.25) is 5.02 Å². The molecule has 0 radical (unpaired) electrons. The van der Waals surface area contributed by atoms with Crippen molar-refractivity contribution < 1.29 is 28.5 Å². The minimum atomic E-state index is -0.573. The maximum absolute atomic E-state index is 13.3. The summed E-state index contributed by atoms with van der Waals surface area (Å²) in [5.41, 5.74) is 7.16. The van der Waals surface area contributed by atoms with Crippen LogP contribution in [0.25, 0.3) is 22.0 Å². The number of benzene rings is 4. The first-order valence-electron chi connectivity index (χ1n) is 13.5. The van der Waals surface area contributed by atoms with E-state index in [1.54, 1.807) is 42.5 Å². The van der Waals surface area contributed by atoms with E-state index in [1.165, 1.54) is 6.21 Å². The molecule has 0 fully saturated rings. The highest BCUT2D eigenvalue weighted by Gasteiger charge is 2.21. The molecule has 6 rings (SSSR count). The zero-order chi connectivity index (χ0) is 29.9. The molecule has 0 spiro atoms. The van der Waals surface area contributed by atoms with E-state index in [0.717, 1.165) is 22.0 Å². The first-order chi connectivity index (χ1) is 20.9. The molecular formula is C33H26ClN3O6. The van der Waals surface area contributed by atoms with Gasteiger partial charge in [0.15, 0.2) is 23.0 Å². The van der Waals surface area contributed by atoms with Crippen molar-refractivity contribution in [1.82, 2.24) is 10.4 Å². The molecule has 0 unspecified atom stereocenters. The number of aryl methyl sites for hydroxylation is 1.